The van der Waals surface area contributed by atoms with Gasteiger partial charge in [-0.3, -0.25) is 15.0 Å². The van der Waals surface area contributed by atoms with Gasteiger partial charge in [-0.1, -0.05) is 0 Å². The van der Waals surface area contributed by atoms with Gasteiger partial charge in [0.2, 0.25) is 5.95 Å². The Morgan fingerprint density at radius 1 is 1.42 bits per heavy atom. The smallest absolute Gasteiger partial charge is 0.305 e. The molecule has 1 unspecified atom stereocenters. The van der Waals surface area contributed by atoms with Gasteiger partial charge in [-0.15, -0.1) is 0 Å². The molecular formula is C11H18N6O2. The van der Waals surface area contributed by atoms with Gasteiger partial charge in [-0.25, -0.2) is 9.97 Å². The summed E-state index contributed by atoms with van der Waals surface area (Å²) in [5, 5.41) is 13.6. The molecule has 0 radical (unpaired) electrons. The predicted molar refractivity (Wildman–Crippen MR) is 71.1 cm³/mol. The molecule has 0 spiro atoms. The second-order valence-corrected chi connectivity index (χ2v) is 4.80. The minimum absolute atomic E-state index is 0.0972. The number of aromatic nitrogens is 2. The minimum Gasteiger partial charge on any atom is -0.353 e. The lowest BCUT2D eigenvalue weighted by atomic mass is 10.2. The third-order valence-electron chi connectivity index (χ3n) is 3.33. The van der Waals surface area contributed by atoms with Gasteiger partial charge in [0.15, 0.2) is 0 Å². The molecule has 1 fully saturated rings. The first-order valence-electron chi connectivity index (χ1n) is 6.15. The molecule has 2 heterocycles. The fourth-order valence-electron chi connectivity index (χ4n) is 2.04. The number of nitrogens with one attached hydrogen (secondary N) is 1. The second-order valence-electron chi connectivity index (χ2n) is 4.80. The van der Waals surface area contributed by atoms with Crippen molar-refractivity contribution < 1.29 is 4.92 Å². The van der Waals surface area contributed by atoms with Gasteiger partial charge in [0, 0.05) is 32.2 Å². The molecule has 0 saturated carbocycles. The van der Waals surface area contributed by atoms with Crippen LogP contribution in [0.3, 0.4) is 0 Å². The lowest BCUT2D eigenvalue weighted by Gasteiger charge is -2.37. The minimum atomic E-state index is -0.506. The van der Waals surface area contributed by atoms with Crippen molar-refractivity contribution in [2.75, 3.05) is 45.6 Å². The van der Waals surface area contributed by atoms with Gasteiger partial charge in [0.05, 0.1) is 4.92 Å². The van der Waals surface area contributed by atoms with Crippen LogP contribution in [0, 0.1) is 10.1 Å². The first-order chi connectivity index (χ1) is 9.06. The Labute approximate surface area is 111 Å². The van der Waals surface area contributed by atoms with Crippen LogP contribution < -0.4 is 5.32 Å². The highest BCUT2D eigenvalue weighted by Crippen LogP contribution is 2.10. The Hall–Kier alpha value is -1.80. The summed E-state index contributed by atoms with van der Waals surface area (Å²) in [6, 6.07) is 0.387. The van der Waals surface area contributed by atoms with Gasteiger partial charge in [0.25, 0.3) is 0 Å². The van der Waals surface area contributed by atoms with Gasteiger partial charge in [-0.2, -0.15) is 0 Å². The van der Waals surface area contributed by atoms with Crippen LogP contribution in [0.2, 0.25) is 0 Å². The summed E-state index contributed by atoms with van der Waals surface area (Å²) in [5.41, 5.74) is -0.0972. The van der Waals surface area contributed by atoms with Crippen molar-refractivity contribution in [3.8, 4) is 0 Å². The molecule has 8 nitrogen and oxygen atoms in total. The summed E-state index contributed by atoms with van der Waals surface area (Å²) in [7, 11) is 4.19. The van der Waals surface area contributed by atoms with Crippen molar-refractivity contribution in [1.82, 2.24) is 19.8 Å². The highest BCUT2D eigenvalue weighted by Gasteiger charge is 2.21. The van der Waals surface area contributed by atoms with E-state index >= 15 is 0 Å². The van der Waals surface area contributed by atoms with Crippen molar-refractivity contribution in [3.63, 3.8) is 0 Å². The number of rotatable bonds is 4. The molecule has 1 atom stereocenters. The van der Waals surface area contributed by atoms with Crippen LogP contribution in [0.25, 0.3) is 0 Å². The summed E-state index contributed by atoms with van der Waals surface area (Å²) >= 11 is 0. The normalized spacial score (nSPS) is 21.3. The van der Waals surface area contributed by atoms with Crippen molar-refractivity contribution in [1.29, 1.82) is 0 Å². The van der Waals surface area contributed by atoms with E-state index in [0.29, 0.717) is 12.0 Å². The maximum Gasteiger partial charge on any atom is 0.305 e. The Balaban J connectivity index is 1.89. The molecule has 0 amide bonds. The van der Waals surface area contributed by atoms with E-state index in [9.17, 15) is 10.1 Å². The number of nitrogens with zero attached hydrogens (tertiary/aromatic N) is 5. The average Bonchev–Trinajstić information content (AvgIpc) is 2.40. The molecule has 2 rings (SSSR count). The number of hydrogen-bond donors (Lipinski definition) is 1. The van der Waals surface area contributed by atoms with E-state index in [1.54, 1.807) is 0 Å². The number of nitro groups is 1. The van der Waals surface area contributed by atoms with Crippen LogP contribution in [-0.4, -0.2) is 71.0 Å². The third-order valence-corrected chi connectivity index (χ3v) is 3.33. The van der Waals surface area contributed by atoms with E-state index in [-0.39, 0.29) is 5.69 Å². The molecule has 1 N–H and O–H groups in total. The average molecular weight is 266 g/mol. The van der Waals surface area contributed by atoms with E-state index in [1.165, 1.54) is 12.4 Å². The zero-order chi connectivity index (χ0) is 13.8. The van der Waals surface area contributed by atoms with Gasteiger partial charge in [-0.05, 0) is 14.1 Å². The van der Waals surface area contributed by atoms with Crippen LogP contribution in [0.15, 0.2) is 12.4 Å². The summed E-state index contributed by atoms with van der Waals surface area (Å²) in [4.78, 5) is 22.4. The highest BCUT2D eigenvalue weighted by atomic mass is 16.6. The van der Waals surface area contributed by atoms with E-state index in [0.717, 1.165) is 26.2 Å². The Kier molecular flexibility index (Phi) is 4.23. The Bertz CT molecular complexity index is 437. The predicted octanol–water partition coefficient (Wildman–Crippen LogP) is 0.0425. The summed E-state index contributed by atoms with van der Waals surface area (Å²) in [6.07, 6.45) is 2.43. The van der Waals surface area contributed by atoms with Crippen LogP contribution in [-0.2, 0) is 0 Å². The third kappa shape index (κ3) is 3.58. The topological polar surface area (TPSA) is 87.4 Å². The van der Waals surface area contributed by atoms with Crippen LogP contribution in [0.5, 0.6) is 0 Å². The van der Waals surface area contributed by atoms with Gasteiger partial charge < -0.3 is 10.2 Å². The van der Waals surface area contributed by atoms with E-state index in [2.05, 4.69) is 39.2 Å². The molecule has 0 bridgehead atoms. The molecule has 19 heavy (non-hydrogen) atoms. The van der Waals surface area contributed by atoms with Crippen molar-refractivity contribution in [2.45, 2.75) is 6.04 Å². The van der Waals surface area contributed by atoms with Crippen molar-refractivity contribution in [3.05, 3.63) is 22.5 Å². The summed E-state index contributed by atoms with van der Waals surface area (Å²) in [5.74, 6) is 0.423. The first kappa shape index (κ1) is 13.6. The molecule has 1 aliphatic heterocycles. The second kappa shape index (κ2) is 5.89. The lowest BCUT2D eigenvalue weighted by Crippen LogP contribution is -2.52. The number of piperazine rings is 1. The zero-order valence-electron chi connectivity index (χ0n) is 11.1. The molecular weight excluding hydrogens is 248 g/mol. The Morgan fingerprint density at radius 2 is 2.11 bits per heavy atom. The van der Waals surface area contributed by atoms with Crippen molar-refractivity contribution >= 4 is 11.6 Å². The maximum absolute atomic E-state index is 10.5. The van der Waals surface area contributed by atoms with Crippen LogP contribution >= 0.6 is 0 Å². The molecule has 1 aromatic heterocycles. The van der Waals surface area contributed by atoms with Crippen LogP contribution in [0.4, 0.5) is 11.6 Å². The zero-order valence-corrected chi connectivity index (χ0v) is 11.1. The molecule has 0 aliphatic carbocycles. The molecule has 1 saturated heterocycles. The number of hydrogen-bond acceptors (Lipinski definition) is 7. The van der Waals surface area contributed by atoms with E-state index in [1.807, 2.05) is 0 Å². The first-order valence-corrected chi connectivity index (χ1v) is 6.15. The van der Waals surface area contributed by atoms with Crippen LogP contribution in [0.1, 0.15) is 0 Å². The number of likely N-dealkylation sites (N-methyl/N-ethyl adjacent to an activating group) is 2. The molecule has 1 aromatic rings. The number of anilines is 1. The Morgan fingerprint density at radius 3 is 2.74 bits per heavy atom. The molecule has 1 aliphatic rings. The summed E-state index contributed by atoms with van der Waals surface area (Å²) in [6.45, 7) is 3.81. The largest absolute Gasteiger partial charge is 0.353 e. The molecule has 8 heteroatoms. The SMILES string of the molecule is CN1CCN(C)C(CNc2ncc([N+](=O)[O-])cn2)C1. The highest BCUT2D eigenvalue weighted by molar-refractivity contribution is 5.30. The van der Waals surface area contributed by atoms with E-state index in [4.69, 9.17) is 0 Å². The fraction of sp³-hybridized carbons (Fsp3) is 0.636. The van der Waals surface area contributed by atoms with Gasteiger partial charge >= 0.3 is 5.69 Å². The maximum atomic E-state index is 10.5. The standard InChI is InChI=1S/C11H18N6O2/c1-15-3-4-16(2)10(8-15)7-14-11-12-5-9(6-13-11)17(18)19/h5-6,10H,3-4,7-8H2,1-2H3,(H,12,13,14). The summed E-state index contributed by atoms with van der Waals surface area (Å²) < 4.78 is 0. The van der Waals surface area contributed by atoms with Crippen molar-refractivity contribution in [2.24, 2.45) is 0 Å². The monoisotopic (exact) mass is 266 g/mol. The van der Waals surface area contributed by atoms with Gasteiger partial charge in [0.1, 0.15) is 12.4 Å². The molecule has 0 aromatic carbocycles. The van der Waals surface area contributed by atoms with E-state index < -0.39 is 4.92 Å². The fourth-order valence-corrected chi connectivity index (χ4v) is 2.04. The lowest BCUT2D eigenvalue weighted by molar-refractivity contribution is -0.385. The quantitative estimate of drug-likeness (QED) is 0.608. The molecule has 104 valence electrons.